The fraction of sp³-hybridized carbons (Fsp3) is 0.125. The molecule has 2 aromatic carbocycles. The minimum absolute atomic E-state index is 0.431. The molecule has 3 rings (SSSR count). The maximum atomic E-state index is 9.04. The first-order chi connectivity index (χ1) is 9.58. The van der Waals surface area contributed by atoms with Gasteiger partial charge in [-0.1, -0.05) is 6.07 Å². The Morgan fingerprint density at radius 3 is 2.45 bits per heavy atom. The fourth-order valence-electron chi connectivity index (χ4n) is 2.51. The van der Waals surface area contributed by atoms with Gasteiger partial charge in [0.05, 0.1) is 22.7 Å². The molecule has 0 radical (unpaired) electrons. The van der Waals surface area contributed by atoms with Gasteiger partial charge in [0.2, 0.25) is 5.95 Å². The average molecular weight is 262 g/mol. The van der Waals surface area contributed by atoms with Gasteiger partial charge in [0.1, 0.15) is 0 Å². The number of hydrogen-bond donors (Lipinski definition) is 1. The molecule has 0 aliphatic rings. The van der Waals surface area contributed by atoms with Crippen molar-refractivity contribution in [2.45, 2.75) is 13.8 Å². The van der Waals surface area contributed by atoms with E-state index in [0.29, 0.717) is 11.5 Å². The quantitative estimate of drug-likeness (QED) is 0.732. The van der Waals surface area contributed by atoms with Crippen molar-refractivity contribution < 1.29 is 0 Å². The first kappa shape index (κ1) is 12.2. The molecule has 4 heteroatoms. The molecule has 4 nitrogen and oxygen atoms in total. The van der Waals surface area contributed by atoms with Gasteiger partial charge in [0, 0.05) is 5.69 Å². The number of fused-ring (bicyclic) bond motifs is 1. The van der Waals surface area contributed by atoms with E-state index in [1.807, 2.05) is 30.5 Å². The Morgan fingerprint density at radius 1 is 1.10 bits per heavy atom. The van der Waals surface area contributed by atoms with Crippen LogP contribution in [0.5, 0.6) is 0 Å². The van der Waals surface area contributed by atoms with Crippen LogP contribution in [0.15, 0.2) is 36.4 Å². The van der Waals surface area contributed by atoms with Crippen molar-refractivity contribution in [3.8, 4) is 11.8 Å². The molecule has 0 spiro atoms. The maximum absolute atomic E-state index is 9.04. The first-order valence-electron chi connectivity index (χ1n) is 6.35. The molecule has 20 heavy (non-hydrogen) atoms. The first-order valence-corrected chi connectivity index (χ1v) is 6.35. The molecule has 1 aromatic heterocycles. The maximum Gasteiger partial charge on any atom is 0.205 e. The van der Waals surface area contributed by atoms with Gasteiger partial charge in [-0.2, -0.15) is 5.26 Å². The van der Waals surface area contributed by atoms with Gasteiger partial charge in [-0.3, -0.25) is 4.57 Å². The molecule has 0 aliphatic heterocycles. The third-order valence-electron chi connectivity index (χ3n) is 3.27. The molecule has 0 saturated heterocycles. The van der Waals surface area contributed by atoms with E-state index in [1.165, 1.54) is 0 Å². The van der Waals surface area contributed by atoms with Crippen molar-refractivity contribution in [3.05, 3.63) is 53.1 Å². The summed E-state index contributed by atoms with van der Waals surface area (Å²) in [4.78, 5) is 4.36. The van der Waals surface area contributed by atoms with Crippen LogP contribution in [0.25, 0.3) is 16.7 Å². The minimum atomic E-state index is 0.431. The molecule has 0 saturated carbocycles. The van der Waals surface area contributed by atoms with Crippen LogP contribution in [0.4, 0.5) is 5.95 Å². The zero-order chi connectivity index (χ0) is 14.3. The van der Waals surface area contributed by atoms with Crippen LogP contribution in [0, 0.1) is 25.2 Å². The van der Waals surface area contributed by atoms with E-state index >= 15 is 0 Å². The van der Waals surface area contributed by atoms with Crippen LogP contribution in [0.1, 0.15) is 16.7 Å². The number of nitriles is 1. The van der Waals surface area contributed by atoms with Crippen molar-refractivity contribution in [3.63, 3.8) is 0 Å². The van der Waals surface area contributed by atoms with Gasteiger partial charge >= 0.3 is 0 Å². The SMILES string of the molecule is Cc1cc(C)cc(-n2c(N)nc3ccc(C#N)cc32)c1. The highest BCUT2D eigenvalue weighted by molar-refractivity contribution is 5.82. The third kappa shape index (κ3) is 1.90. The average Bonchev–Trinajstić information content (AvgIpc) is 2.72. The van der Waals surface area contributed by atoms with Crippen molar-refractivity contribution in [2.24, 2.45) is 0 Å². The zero-order valence-electron chi connectivity index (χ0n) is 11.4. The monoisotopic (exact) mass is 262 g/mol. The molecular weight excluding hydrogens is 248 g/mol. The molecule has 0 aliphatic carbocycles. The smallest absolute Gasteiger partial charge is 0.205 e. The van der Waals surface area contributed by atoms with E-state index in [2.05, 4.69) is 29.3 Å². The second-order valence-electron chi connectivity index (χ2n) is 4.97. The second kappa shape index (κ2) is 4.39. The van der Waals surface area contributed by atoms with E-state index in [0.717, 1.165) is 27.8 Å². The lowest BCUT2D eigenvalue weighted by atomic mass is 10.1. The lowest BCUT2D eigenvalue weighted by molar-refractivity contribution is 1.10. The fourth-order valence-corrected chi connectivity index (χ4v) is 2.51. The Balaban J connectivity index is 2.35. The van der Waals surface area contributed by atoms with Gasteiger partial charge in [0.15, 0.2) is 0 Å². The van der Waals surface area contributed by atoms with E-state index in [9.17, 15) is 0 Å². The third-order valence-corrected chi connectivity index (χ3v) is 3.27. The molecule has 3 aromatic rings. The standard InChI is InChI=1S/C16H14N4/c1-10-5-11(2)7-13(6-10)20-15-8-12(9-17)3-4-14(15)19-16(20)18/h3-8H,1-2H3,(H2,18,19). The Morgan fingerprint density at radius 2 is 1.80 bits per heavy atom. The number of nitrogens with zero attached hydrogens (tertiary/aromatic N) is 3. The highest BCUT2D eigenvalue weighted by Crippen LogP contribution is 2.25. The minimum Gasteiger partial charge on any atom is -0.369 e. The van der Waals surface area contributed by atoms with E-state index in [-0.39, 0.29) is 0 Å². The van der Waals surface area contributed by atoms with Gasteiger partial charge in [-0.25, -0.2) is 4.98 Å². The Bertz CT molecular complexity index is 833. The molecule has 0 unspecified atom stereocenters. The Labute approximate surface area is 117 Å². The van der Waals surface area contributed by atoms with Crippen molar-refractivity contribution in [1.29, 1.82) is 5.26 Å². The molecule has 0 atom stereocenters. The summed E-state index contributed by atoms with van der Waals surface area (Å²) < 4.78 is 1.89. The van der Waals surface area contributed by atoms with Crippen LogP contribution in [0.2, 0.25) is 0 Å². The zero-order valence-corrected chi connectivity index (χ0v) is 11.4. The van der Waals surface area contributed by atoms with Crippen LogP contribution >= 0.6 is 0 Å². The van der Waals surface area contributed by atoms with Gasteiger partial charge < -0.3 is 5.73 Å². The summed E-state index contributed by atoms with van der Waals surface area (Å²) in [7, 11) is 0. The van der Waals surface area contributed by atoms with E-state index in [4.69, 9.17) is 11.0 Å². The Hall–Kier alpha value is -2.80. The molecule has 2 N–H and O–H groups in total. The van der Waals surface area contributed by atoms with Crippen LogP contribution in [-0.2, 0) is 0 Å². The number of nitrogen functional groups attached to an aromatic ring is 1. The summed E-state index contributed by atoms with van der Waals surface area (Å²) in [6.07, 6.45) is 0. The number of nitrogens with two attached hydrogens (primary N) is 1. The lowest BCUT2D eigenvalue weighted by Crippen LogP contribution is -2.01. The topological polar surface area (TPSA) is 67.6 Å². The summed E-state index contributed by atoms with van der Waals surface area (Å²) in [5.74, 6) is 0.431. The summed E-state index contributed by atoms with van der Waals surface area (Å²) >= 11 is 0. The predicted octanol–water partition coefficient (Wildman–Crippen LogP) is 3.10. The number of aromatic nitrogens is 2. The number of imidazole rings is 1. The largest absolute Gasteiger partial charge is 0.369 e. The van der Waals surface area contributed by atoms with Crippen LogP contribution in [0.3, 0.4) is 0 Å². The van der Waals surface area contributed by atoms with Gasteiger partial charge in [-0.05, 0) is 55.3 Å². The number of rotatable bonds is 1. The van der Waals surface area contributed by atoms with E-state index in [1.54, 1.807) is 6.07 Å². The van der Waals surface area contributed by atoms with Crippen molar-refractivity contribution >= 4 is 17.0 Å². The second-order valence-corrected chi connectivity index (χ2v) is 4.97. The highest BCUT2D eigenvalue weighted by atomic mass is 15.2. The number of benzene rings is 2. The number of aryl methyl sites for hydroxylation is 2. The van der Waals surface area contributed by atoms with Crippen molar-refractivity contribution in [1.82, 2.24) is 9.55 Å². The van der Waals surface area contributed by atoms with Crippen LogP contribution in [-0.4, -0.2) is 9.55 Å². The summed E-state index contributed by atoms with van der Waals surface area (Å²) in [5.41, 5.74) is 11.6. The summed E-state index contributed by atoms with van der Waals surface area (Å²) in [5, 5.41) is 9.04. The summed E-state index contributed by atoms with van der Waals surface area (Å²) in [6.45, 7) is 4.10. The highest BCUT2D eigenvalue weighted by Gasteiger charge is 2.11. The normalized spacial score (nSPS) is 10.7. The summed E-state index contributed by atoms with van der Waals surface area (Å²) in [6, 6.07) is 13.8. The van der Waals surface area contributed by atoms with Gasteiger partial charge in [-0.15, -0.1) is 0 Å². The van der Waals surface area contributed by atoms with E-state index < -0.39 is 0 Å². The predicted molar refractivity (Wildman–Crippen MR) is 79.7 cm³/mol. The molecular formula is C16H14N4. The molecule has 0 amide bonds. The van der Waals surface area contributed by atoms with Gasteiger partial charge in [0.25, 0.3) is 0 Å². The molecule has 0 fully saturated rings. The number of hydrogen-bond acceptors (Lipinski definition) is 3. The molecule has 0 bridgehead atoms. The molecule has 98 valence electrons. The van der Waals surface area contributed by atoms with Crippen molar-refractivity contribution in [2.75, 3.05) is 5.73 Å². The number of anilines is 1. The van der Waals surface area contributed by atoms with Crippen LogP contribution < -0.4 is 5.73 Å². The lowest BCUT2D eigenvalue weighted by Gasteiger charge is -2.09. The Kier molecular flexibility index (Phi) is 2.69. The molecule has 1 heterocycles.